The summed E-state index contributed by atoms with van der Waals surface area (Å²) in [6.45, 7) is 2.17. The molecule has 3 nitrogen and oxygen atoms in total. The summed E-state index contributed by atoms with van der Waals surface area (Å²) in [5.41, 5.74) is 2.67. The fraction of sp³-hybridized carbons (Fsp3) is 0.235. The summed E-state index contributed by atoms with van der Waals surface area (Å²) in [6, 6.07) is 13.1. The van der Waals surface area contributed by atoms with Gasteiger partial charge in [-0.05, 0) is 48.4 Å². The Hall–Kier alpha value is -2.00. The maximum Gasteiger partial charge on any atom is 0.338 e. The first kappa shape index (κ1) is 14.0. The molecule has 0 N–H and O–H groups in total. The standard InChI is InChI=1S/C17H15ClO3/c1-2-20-17(19)12-5-8-15-13(9-12)10-16(21-15)11-3-6-14(18)7-4-11/h3-9,16H,2,10H2,1H3/t16-/m0/s1. The molecule has 0 saturated heterocycles. The maximum absolute atomic E-state index is 11.8. The normalized spacial score (nSPS) is 16.2. The van der Waals surface area contributed by atoms with Gasteiger partial charge in [-0.1, -0.05) is 23.7 Å². The topological polar surface area (TPSA) is 35.5 Å². The van der Waals surface area contributed by atoms with Crippen LogP contribution in [0.5, 0.6) is 5.75 Å². The molecular weight excluding hydrogens is 288 g/mol. The van der Waals surface area contributed by atoms with Crippen LogP contribution in [0.1, 0.15) is 34.5 Å². The van der Waals surface area contributed by atoms with E-state index in [-0.39, 0.29) is 12.1 Å². The molecule has 0 radical (unpaired) electrons. The molecule has 1 aliphatic heterocycles. The Bertz CT molecular complexity index is 664. The van der Waals surface area contributed by atoms with Gasteiger partial charge in [-0.25, -0.2) is 4.79 Å². The van der Waals surface area contributed by atoms with Gasteiger partial charge in [0.2, 0.25) is 0 Å². The number of hydrogen-bond acceptors (Lipinski definition) is 3. The average molecular weight is 303 g/mol. The molecule has 1 heterocycles. The monoisotopic (exact) mass is 302 g/mol. The zero-order chi connectivity index (χ0) is 14.8. The minimum Gasteiger partial charge on any atom is -0.485 e. The summed E-state index contributed by atoms with van der Waals surface area (Å²) in [7, 11) is 0. The summed E-state index contributed by atoms with van der Waals surface area (Å²) < 4.78 is 11.0. The lowest BCUT2D eigenvalue weighted by atomic mass is 10.0. The fourth-order valence-corrected chi connectivity index (χ4v) is 2.58. The van der Waals surface area contributed by atoms with Crippen molar-refractivity contribution in [3.05, 3.63) is 64.2 Å². The van der Waals surface area contributed by atoms with Gasteiger partial charge in [0.05, 0.1) is 12.2 Å². The van der Waals surface area contributed by atoms with E-state index in [9.17, 15) is 4.79 Å². The Morgan fingerprint density at radius 3 is 2.76 bits per heavy atom. The predicted molar refractivity (Wildman–Crippen MR) is 80.9 cm³/mol. The van der Waals surface area contributed by atoms with Crippen LogP contribution in [-0.2, 0) is 11.2 Å². The van der Waals surface area contributed by atoms with Crippen LogP contribution in [0.2, 0.25) is 5.02 Å². The van der Waals surface area contributed by atoms with E-state index in [0.29, 0.717) is 17.2 Å². The second-order valence-electron chi connectivity index (χ2n) is 4.91. The number of hydrogen-bond donors (Lipinski definition) is 0. The number of esters is 1. The summed E-state index contributed by atoms with van der Waals surface area (Å²) >= 11 is 5.90. The molecular formula is C17H15ClO3. The van der Waals surface area contributed by atoms with Crippen molar-refractivity contribution in [2.45, 2.75) is 19.4 Å². The van der Waals surface area contributed by atoms with Crippen molar-refractivity contribution in [2.75, 3.05) is 6.61 Å². The second-order valence-corrected chi connectivity index (χ2v) is 5.34. The fourth-order valence-electron chi connectivity index (χ4n) is 2.45. The van der Waals surface area contributed by atoms with Crippen molar-refractivity contribution in [3.8, 4) is 5.75 Å². The highest BCUT2D eigenvalue weighted by Crippen LogP contribution is 2.37. The minimum absolute atomic E-state index is 0.0327. The minimum atomic E-state index is -0.296. The molecule has 0 spiro atoms. The predicted octanol–water partition coefficient (Wildman–Crippen LogP) is 4.19. The van der Waals surface area contributed by atoms with Crippen LogP contribution < -0.4 is 4.74 Å². The van der Waals surface area contributed by atoms with E-state index in [1.807, 2.05) is 36.4 Å². The van der Waals surface area contributed by atoms with Crippen LogP contribution in [0.15, 0.2) is 42.5 Å². The van der Waals surface area contributed by atoms with Gasteiger partial charge >= 0.3 is 5.97 Å². The van der Waals surface area contributed by atoms with Crippen molar-refractivity contribution in [1.82, 2.24) is 0 Å². The lowest BCUT2D eigenvalue weighted by molar-refractivity contribution is 0.0526. The summed E-state index contributed by atoms with van der Waals surface area (Å²) in [4.78, 5) is 11.8. The Kier molecular flexibility index (Phi) is 3.84. The lowest BCUT2D eigenvalue weighted by Gasteiger charge is -2.10. The van der Waals surface area contributed by atoms with Gasteiger partial charge in [-0.2, -0.15) is 0 Å². The van der Waals surface area contributed by atoms with E-state index in [1.165, 1.54) is 0 Å². The number of ether oxygens (including phenoxy) is 2. The molecule has 0 aromatic heterocycles. The highest BCUT2D eigenvalue weighted by Gasteiger charge is 2.25. The van der Waals surface area contributed by atoms with Gasteiger partial charge in [0.1, 0.15) is 11.9 Å². The number of rotatable bonds is 3. The van der Waals surface area contributed by atoms with E-state index in [1.54, 1.807) is 13.0 Å². The van der Waals surface area contributed by atoms with Gasteiger partial charge in [0.25, 0.3) is 0 Å². The molecule has 0 fully saturated rings. The molecule has 4 heteroatoms. The third-order valence-corrected chi connectivity index (χ3v) is 3.74. The summed E-state index contributed by atoms with van der Waals surface area (Å²) in [5, 5.41) is 0.707. The maximum atomic E-state index is 11.8. The van der Waals surface area contributed by atoms with Crippen LogP contribution in [0, 0.1) is 0 Å². The third-order valence-electron chi connectivity index (χ3n) is 3.49. The largest absolute Gasteiger partial charge is 0.485 e. The van der Waals surface area contributed by atoms with Gasteiger partial charge in [0.15, 0.2) is 0 Å². The number of halogens is 1. The van der Waals surface area contributed by atoms with Crippen LogP contribution in [0.3, 0.4) is 0 Å². The van der Waals surface area contributed by atoms with Crippen LogP contribution in [0.4, 0.5) is 0 Å². The van der Waals surface area contributed by atoms with Crippen molar-refractivity contribution < 1.29 is 14.3 Å². The Balaban J connectivity index is 1.81. The number of carbonyl (C=O) groups excluding carboxylic acids is 1. The Morgan fingerprint density at radius 1 is 1.29 bits per heavy atom. The molecule has 2 aromatic carbocycles. The van der Waals surface area contributed by atoms with Crippen molar-refractivity contribution >= 4 is 17.6 Å². The number of fused-ring (bicyclic) bond motifs is 1. The quantitative estimate of drug-likeness (QED) is 0.797. The molecule has 0 amide bonds. The second kappa shape index (κ2) is 5.78. The first-order chi connectivity index (χ1) is 10.2. The summed E-state index contributed by atoms with van der Waals surface area (Å²) in [6.07, 6.45) is 0.708. The molecule has 2 aromatic rings. The first-order valence-corrected chi connectivity index (χ1v) is 7.27. The van der Waals surface area contributed by atoms with Crippen molar-refractivity contribution in [1.29, 1.82) is 0 Å². The smallest absolute Gasteiger partial charge is 0.338 e. The average Bonchev–Trinajstić information content (AvgIpc) is 2.91. The highest BCUT2D eigenvalue weighted by molar-refractivity contribution is 6.30. The number of benzene rings is 2. The molecule has 108 valence electrons. The molecule has 0 unspecified atom stereocenters. The summed E-state index contributed by atoms with van der Waals surface area (Å²) in [5.74, 6) is 0.526. The van der Waals surface area contributed by atoms with E-state index >= 15 is 0 Å². The lowest BCUT2D eigenvalue weighted by Crippen LogP contribution is -2.04. The molecule has 1 aliphatic rings. The molecule has 1 atom stereocenters. The van der Waals surface area contributed by atoms with E-state index in [2.05, 4.69) is 0 Å². The highest BCUT2D eigenvalue weighted by atomic mass is 35.5. The van der Waals surface area contributed by atoms with Crippen LogP contribution >= 0.6 is 11.6 Å². The van der Waals surface area contributed by atoms with Gasteiger partial charge in [-0.15, -0.1) is 0 Å². The van der Waals surface area contributed by atoms with Gasteiger partial charge in [-0.3, -0.25) is 0 Å². The van der Waals surface area contributed by atoms with E-state index < -0.39 is 0 Å². The molecule has 21 heavy (non-hydrogen) atoms. The zero-order valence-electron chi connectivity index (χ0n) is 11.6. The van der Waals surface area contributed by atoms with Crippen molar-refractivity contribution in [3.63, 3.8) is 0 Å². The molecule has 0 aliphatic carbocycles. The Labute approximate surface area is 128 Å². The molecule has 0 bridgehead atoms. The molecule has 0 saturated carbocycles. The van der Waals surface area contributed by atoms with Gasteiger partial charge < -0.3 is 9.47 Å². The Morgan fingerprint density at radius 2 is 2.05 bits per heavy atom. The SMILES string of the molecule is CCOC(=O)c1ccc2c(c1)C[C@@H](c1ccc(Cl)cc1)O2. The molecule has 3 rings (SSSR count). The zero-order valence-corrected chi connectivity index (χ0v) is 12.4. The van der Waals surface area contributed by atoms with Crippen molar-refractivity contribution in [2.24, 2.45) is 0 Å². The number of carbonyl (C=O) groups is 1. The first-order valence-electron chi connectivity index (χ1n) is 6.89. The third kappa shape index (κ3) is 2.88. The van der Waals surface area contributed by atoms with E-state index in [0.717, 1.165) is 23.3 Å². The van der Waals surface area contributed by atoms with Crippen LogP contribution in [-0.4, -0.2) is 12.6 Å². The van der Waals surface area contributed by atoms with Crippen LogP contribution in [0.25, 0.3) is 0 Å². The van der Waals surface area contributed by atoms with Gasteiger partial charge in [0, 0.05) is 11.4 Å². The van der Waals surface area contributed by atoms with E-state index in [4.69, 9.17) is 21.1 Å².